The molecule has 0 rings (SSSR count). The molecule has 0 saturated carbocycles. The van der Waals surface area contributed by atoms with Crippen LogP contribution in [0.25, 0.3) is 0 Å². The van der Waals surface area contributed by atoms with Crippen molar-refractivity contribution in [3.63, 3.8) is 0 Å². The first-order valence-corrected chi connectivity index (χ1v) is 4.31. The van der Waals surface area contributed by atoms with Gasteiger partial charge in [0.1, 0.15) is 6.04 Å². The van der Waals surface area contributed by atoms with Crippen molar-refractivity contribution in [2.45, 2.75) is 13.0 Å². The van der Waals surface area contributed by atoms with Crippen LogP contribution in [0.15, 0.2) is 0 Å². The molecule has 0 aromatic heterocycles. The van der Waals surface area contributed by atoms with E-state index in [0.717, 1.165) is 0 Å². The van der Waals surface area contributed by atoms with E-state index in [4.69, 9.17) is 4.55 Å². The standard InChI is InChI=1S/C6H12N2O3S/c1-4(9)8-5(3-12-11)6(10)7-2/h5,11H,3H2,1-2H3,(H,7,10)(H,8,9)/t5-/m1/s1. The van der Waals surface area contributed by atoms with Crippen molar-refractivity contribution < 1.29 is 14.1 Å². The van der Waals surface area contributed by atoms with Gasteiger partial charge in [0.25, 0.3) is 0 Å². The monoisotopic (exact) mass is 192 g/mol. The van der Waals surface area contributed by atoms with Crippen molar-refractivity contribution in [2.75, 3.05) is 12.8 Å². The van der Waals surface area contributed by atoms with E-state index < -0.39 is 6.04 Å². The summed E-state index contributed by atoms with van der Waals surface area (Å²) in [6, 6.07) is -0.664. The van der Waals surface area contributed by atoms with E-state index in [0.29, 0.717) is 12.0 Å². The van der Waals surface area contributed by atoms with Crippen LogP contribution in [0.4, 0.5) is 0 Å². The van der Waals surface area contributed by atoms with E-state index in [1.165, 1.54) is 14.0 Å². The largest absolute Gasteiger partial charge is 0.357 e. The van der Waals surface area contributed by atoms with Gasteiger partial charge in [-0.3, -0.25) is 9.59 Å². The summed E-state index contributed by atoms with van der Waals surface area (Å²) < 4.78 is 8.48. The van der Waals surface area contributed by atoms with Gasteiger partial charge >= 0.3 is 0 Å². The van der Waals surface area contributed by atoms with E-state index in [9.17, 15) is 9.59 Å². The van der Waals surface area contributed by atoms with E-state index >= 15 is 0 Å². The van der Waals surface area contributed by atoms with Gasteiger partial charge in [0.2, 0.25) is 11.8 Å². The van der Waals surface area contributed by atoms with Crippen LogP contribution < -0.4 is 10.6 Å². The number of amides is 2. The molecule has 0 aliphatic rings. The first-order chi connectivity index (χ1) is 5.61. The third kappa shape index (κ3) is 4.20. The lowest BCUT2D eigenvalue weighted by Gasteiger charge is -2.13. The van der Waals surface area contributed by atoms with Crippen molar-refractivity contribution >= 4 is 23.9 Å². The fraction of sp³-hybridized carbons (Fsp3) is 0.667. The highest BCUT2D eigenvalue weighted by molar-refractivity contribution is 7.93. The Morgan fingerprint density at radius 2 is 2.17 bits per heavy atom. The molecule has 70 valence electrons. The van der Waals surface area contributed by atoms with E-state index in [-0.39, 0.29) is 17.6 Å². The van der Waals surface area contributed by atoms with Crippen LogP contribution in [0.2, 0.25) is 0 Å². The molecule has 6 heteroatoms. The van der Waals surface area contributed by atoms with E-state index in [2.05, 4.69) is 10.6 Å². The second kappa shape index (κ2) is 5.84. The Kier molecular flexibility index (Phi) is 5.48. The molecule has 0 spiro atoms. The minimum absolute atomic E-state index is 0.152. The summed E-state index contributed by atoms with van der Waals surface area (Å²) in [5.41, 5.74) is 0. The predicted molar refractivity (Wildman–Crippen MR) is 46.8 cm³/mol. The van der Waals surface area contributed by atoms with Gasteiger partial charge in [-0.05, 0) is 12.0 Å². The van der Waals surface area contributed by atoms with Gasteiger partial charge in [-0.1, -0.05) is 0 Å². The zero-order valence-corrected chi connectivity index (χ0v) is 7.77. The number of hydrogen-bond donors (Lipinski definition) is 3. The third-order valence-electron chi connectivity index (χ3n) is 1.18. The number of nitrogens with one attached hydrogen (secondary N) is 2. The van der Waals surface area contributed by atoms with Gasteiger partial charge in [-0.2, -0.15) is 0 Å². The Balaban J connectivity index is 4.02. The molecule has 0 fully saturated rings. The van der Waals surface area contributed by atoms with Gasteiger partial charge in [-0.25, -0.2) is 0 Å². The normalized spacial score (nSPS) is 11.9. The molecule has 0 radical (unpaired) electrons. The summed E-state index contributed by atoms with van der Waals surface area (Å²) in [5.74, 6) is -0.455. The van der Waals surface area contributed by atoms with Crippen LogP contribution in [-0.4, -0.2) is 35.2 Å². The third-order valence-corrected chi connectivity index (χ3v) is 1.66. The number of rotatable bonds is 4. The second-order valence-corrected chi connectivity index (χ2v) is 2.75. The molecule has 0 aromatic carbocycles. The van der Waals surface area contributed by atoms with Crippen LogP contribution in [0.1, 0.15) is 6.92 Å². The van der Waals surface area contributed by atoms with Crippen LogP contribution in [0.3, 0.4) is 0 Å². The number of likely N-dealkylation sites (N-methyl/N-ethyl adjacent to an activating group) is 1. The molecule has 5 nitrogen and oxygen atoms in total. The Hall–Kier alpha value is -0.750. The van der Waals surface area contributed by atoms with E-state index in [1.807, 2.05) is 0 Å². The summed E-state index contributed by atoms with van der Waals surface area (Å²) in [6.45, 7) is 1.32. The van der Waals surface area contributed by atoms with Crippen molar-refractivity contribution in [3.8, 4) is 0 Å². The SMILES string of the molecule is CNC(=O)[C@@H](CSO)NC(C)=O. The molecule has 0 bridgehead atoms. The average Bonchev–Trinajstić information content (AvgIpc) is 2.01. The van der Waals surface area contributed by atoms with Gasteiger partial charge < -0.3 is 15.2 Å². The van der Waals surface area contributed by atoms with Gasteiger partial charge in [0, 0.05) is 19.7 Å². The number of carbonyl (C=O) groups excluding carboxylic acids is 2. The quantitative estimate of drug-likeness (QED) is 0.522. The molecule has 0 unspecified atom stereocenters. The first-order valence-electron chi connectivity index (χ1n) is 3.37. The fourth-order valence-corrected chi connectivity index (χ4v) is 1.06. The molecule has 12 heavy (non-hydrogen) atoms. The fourth-order valence-electron chi connectivity index (χ4n) is 0.677. The number of carbonyl (C=O) groups is 2. The maximum Gasteiger partial charge on any atom is 0.243 e. The zero-order chi connectivity index (χ0) is 9.56. The molecule has 0 saturated heterocycles. The molecule has 0 aromatic rings. The lowest BCUT2D eigenvalue weighted by atomic mass is 10.3. The topological polar surface area (TPSA) is 78.4 Å². The molecular weight excluding hydrogens is 180 g/mol. The van der Waals surface area contributed by atoms with Crippen LogP contribution >= 0.6 is 12.0 Å². The van der Waals surface area contributed by atoms with Crippen molar-refractivity contribution in [2.24, 2.45) is 0 Å². The average molecular weight is 192 g/mol. The molecule has 1 atom stereocenters. The Morgan fingerprint density at radius 1 is 1.58 bits per heavy atom. The Labute approximate surface area is 75.1 Å². The van der Waals surface area contributed by atoms with Crippen molar-refractivity contribution in [1.29, 1.82) is 0 Å². The van der Waals surface area contributed by atoms with Gasteiger partial charge in [0.05, 0.1) is 0 Å². The maximum absolute atomic E-state index is 11.0. The minimum Gasteiger partial charge on any atom is -0.357 e. The smallest absolute Gasteiger partial charge is 0.243 e. The predicted octanol–water partition coefficient (Wildman–Crippen LogP) is -0.557. The lowest BCUT2D eigenvalue weighted by Crippen LogP contribution is -2.46. The Morgan fingerprint density at radius 3 is 2.50 bits per heavy atom. The number of hydrogen-bond acceptors (Lipinski definition) is 4. The summed E-state index contributed by atoms with van der Waals surface area (Å²) in [5, 5.41) is 4.78. The van der Waals surface area contributed by atoms with Gasteiger partial charge in [0.15, 0.2) is 0 Å². The highest BCUT2D eigenvalue weighted by Gasteiger charge is 2.17. The zero-order valence-electron chi connectivity index (χ0n) is 6.96. The molecular formula is C6H12N2O3S. The summed E-state index contributed by atoms with van der Waals surface area (Å²) in [4.78, 5) is 21.6. The van der Waals surface area contributed by atoms with Crippen LogP contribution in [0, 0.1) is 0 Å². The van der Waals surface area contributed by atoms with Crippen LogP contribution in [0.5, 0.6) is 0 Å². The maximum atomic E-state index is 11.0. The summed E-state index contributed by atoms with van der Waals surface area (Å²) >= 11 is 0.520. The van der Waals surface area contributed by atoms with Gasteiger partial charge in [-0.15, -0.1) is 0 Å². The summed E-state index contributed by atoms with van der Waals surface area (Å²) in [7, 11) is 1.47. The van der Waals surface area contributed by atoms with Crippen molar-refractivity contribution in [3.05, 3.63) is 0 Å². The Bertz CT molecular complexity index is 174. The molecule has 2 amide bonds. The molecule has 0 heterocycles. The second-order valence-electron chi connectivity index (χ2n) is 2.16. The summed E-state index contributed by atoms with van der Waals surface area (Å²) in [6.07, 6.45) is 0. The highest BCUT2D eigenvalue weighted by Crippen LogP contribution is 1.96. The van der Waals surface area contributed by atoms with Crippen molar-refractivity contribution in [1.82, 2.24) is 10.6 Å². The lowest BCUT2D eigenvalue weighted by molar-refractivity contribution is -0.127. The minimum atomic E-state index is -0.664. The first kappa shape index (κ1) is 11.2. The van der Waals surface area contributed by atoms with Crippen LogP contribution in [-0.2, 0) is 9.59 Å². The van der Waals surface area contributed by atoms with E-state index in [1.54, 1.807) is 0 Å². The molecule has 0 aliphatic carbocycles. The highest BCUT2D eigenvalue weighted by atomic mass is 32.2. The molecule has 0 aliphatic heterocycles. The molecule has 3 N–H and O–H groups in total.